The molecular formula is C25H23F3N4O4. The van der Waals surface area contributed by atoms with Gasteiger partial charge in [0.15, 0.2) is 0 Å². The molecule has 2 aromatic carbocycles. The Morgan fingerprint density at radius 3 is 2.58 bits per heavy atom. The van der Waals surface area contributed by atoms with E-state index in [9.17, 15) is 32.7 Å². The van der Waals surface area contributed by atoms with Crippen molar-refractivity contribution in [1.29, 1.82) is 0 Å². The number of nitrogens with one attached hydrogen (secondary N) is 1. The summed E-state index contributed by atoms with van der Waals surface area (Å²) in [5.74, 6) is -2.33. The molecule has 0 aliphatic carbocycles. The highest BCUT2D eigenvalue weighted by molar-refractivity contribution is 6.06. The molecule has 1 unspecified atom stereocenters. The largest absolute Gasteiger partial charge is 0.478 e. The smallest absolute Gasteiger partial charge is 0.416 e. The highest BCUT2D eigenvalue weighted by Crippen LogP contribution is 2.33. The maximum Gasteiger partial charge on any atom is 0.416 e. The van der Waals surface area contributed by atoms with Crippen molar-refractivity contribution in [3.8, 4) is 0 Å². The Morgan fingerprint density at radius 2 is 1.89 bits per heavy atom. The molecule has 0 saturated carbocycles. The second-order valence-electron chi connectivity index (χ2n) is 8.45. The van der Waals surface area contributed by atoms with Gasteiger partial charge >= 0.3 is 12.1 Å². The number of carbonyl (C=O) groups is 3. The third-order valence-electron chi connectivity index (χ3n) is 6.12. The van der Waals surface area contributed by atoms with Gasteiger partial charge in [-0.3, -0.25) is 14.9 Å². The van der Waals surface area contributed by atoms with Crippen molar-refractivity contribution >= 4 is 34.8 Å². The minimum Gasteiger partial charge on any atom is -0.478 e. The van der Waals surface area contributed by atoms with Crippen LogP contribution in [0.15, 0.2) is 55.1 Å². The van der Waals surface area contributed by atoms with E-state index in [1.165, 1.54) is 24.3 Å². The summed E-state index contributed by atoms with van der Waals surface area (Å²) in [5.41, 5.74) is -0.710. The number of benzene rings is 2. The number of hydrogen-bond acceptors (Lipinski definition) is 4. The van der Waals surface area contributed by atoms with Crippen molar-refractivity contribution in [2.75, 3.05) is 18.4 Å². The molecule has 1 aromatic heterocycles. The predicted molar refractivity (Wildman–Crippen MR) is 126 cm³/mol. The molecule has 1 aliphatic heterocycles. The van der Waals surface area contributed by atoms with Crippen molar-refractivity contribution < 1.29 is 32.7 Å². The van der Waals surface area contributed by atoms with Crippen molar-refractivity contribution in [3.63, 3.8) is 0 Å². The number of rotatable bonds is 5. The van der Waals surface area contributed by atoms with Crippen LogP contribution in [0.1, 0.15) is 51.6 Å². The van der Waals surface area contributed by atoms with Crippen LogP contribution in [-0.4, -0.2) is 50.4 Å². The highest BCUT2D eigenvalue weighted by atomic mass is 19.4. The number of alkyl halides is 3. The number of carboxylic acid groups (broad SMARTS) is 1. The van der Waals surface area contributed by atoms with Gasteiger partial charge in [0.1, 0.15) is 0 Å². The third kappa shape index (κ3) is 4.95. The van der Waals surface area contributed by atoms with Crippen molar-refractivity contribution in [1.82, 2.24) is 14.5 Å². The van der Waals surface area contributed by atoms with E-state index in [1.54, 1.807) is 15.5 Å². The Hall–Kier alpha value is -4.15. The van der Waals surface area contributed by atoms with E-state index in [2.05, 4.69) is 16.9 Å². The fourth-order valence-electron chi connectivity index (χ4n) is 4.43. The third-order valence-corrected chi connectivity index (χ3v) is 6.12. The van der Waals surface area contributed by atoms with E-state index in [4.69, 9.17) is 0 Å². The minimum atomic E-state index is -4.62. The quantitative estimate of drug-likeness (QED) is 0.493. The molecule has 8 nitrogen and oxygen atoms in total. The van der Waals surface area contributed by atoms with Gasteiger partial charge in [0.2, 0.25) is 11.9 Å². The van der Waals surface area contributed by atoms with Crippen LogP contribution in [0.4, 0.5) is 19.1 Å². The molecule has 1 fully saturated rings. The van der Waals surface area contributed by atoms with Gasteiger partial charge in [-0.05, 0) is 55.7 Å². The number of para-hydroxylation sites is 1. The molecule has 0 radical (unpaired) electrons. The number of likely N-dealkylation sites (tertiary alicyclic amines) is 1. The lowest BCUT2D eigenvalue weighted by atomic mass is 10.1. The zero-order chi connectivity index (χ0) is 26.0. The first-order chi connectivity index (χ1) is 17.1. The van der Waals surface area contributed by atoms with Crippen LogP contribution >= 0.6 is 0 Å². The normalized spacial score (nSPS) is 16.4. The predicted octanol–water partition coefficient (Wildman–Crippen LogP) is 4.75. The van der Waals surface area contributed by atoms with Crippen LogP contribution in [0.3, 0.4) is 0 Å². The molecule has 2 amide bonds. The summed E-state index contributed by atoms with van der Waals surface area (Å²) in [7, 11) is 0. The summed E-state index contributed by atoms with van der Waals surface area (Å²) in [5, 5.41) is 12.4. The summed E-state index contributed by atoms with van der Waals surface area (Å²) >= 11 is 0. The molecule has 0 spiro atoms. The number of imidazole rings is 1. The number of anilines is 1. The molecule has 188 valence electrons. The lowest BCUT2D eigenvalue weighted by Crippen LogP contribution is -2.34. The summed E-state index contributed by atoms with van der Waals surface area (Å²) in [4.78, 5) is 43.4. The molecule has 2 heterocycles. The molecule has 1 atom stereocenters. The van der Waals surface area contributed by atoms with Gasteiger partial charge in [0.25, 0.3) is 5.91 Å². The number of carbonyl (C=O) groups excluding carboxylic acids is 2. The first-order valence-corrected chi connectivity index (χ1v) is 11.2. The van der Waals surface area contributed by atoms with E-state index in [0.29, 0.717) is 18.5 Å². The van der Waals surface area contributed by atoms with Crippen molar-refractivity contribution in [2.45, 2.75) is 31.5 Å². The van der Waals surface area contributed by atoms with E-state index in [0.717, 1.165) is 31.0 Å². The van der Waals surface area contributed by atoms with Crippen LogP contribution in [0.5, 0.6) is 0 Å². The van der Waals surface area contributed by atoms with Crippen molar-refractivity contribution in [3.05, 3.63) is 71.8 Å². The Labute approximate surface area is 204 Å². The Kier molecular flexibility index (Phi) is 6.82. The highest BCUT2D eigenvalue weighted by Gasteiger charge is 2.32. The van der Waals surface area contributed by atoms with Gasteiger partial charge < -0.3 is 14.6 Å². The van der Waals surface area contributed by atoms with Crippen LogP contribution in [-0.2, 0) is 11.0 Å². The number of carboxylic acids is 1. The van der Waals surface area contributed by atoms with Crippen molar-refractivity contribution in [2.24, 2.45) is 0 Å². The lowest BCUT2D eigenvalue weighted by molar-refractivity contribution is -0.137. The van der Waals surface area contributed by atoms with Gasteiger partial charge in [0.05, 0.1) is 28.2 Å². The zero-order valence-electron chi connectivity index (χ0n) is 19.1. The number of halogens is 3. The van der Waals surface area contributed by atoms with Gasteiger partial charge in [-0.15, -0.1) is 0 Å². The van der Waals surface area contributed by atoms with Crippen LogP contribution < -0.4 is 5.32 Å². The van der Waals surface area contributed by atoms with E-state index >= 15 is 0 Å². The number of fused-ring (bicyclic) bond motifs is 1. The Bertz CT molecular complexity index is 1350. The maximum atomic E-state index is 13.2. The van der Waals surface area contributed by atoms with E-state index in [1.807, 2.05) is 0 Å². The molecule has 4 rings (SSSR count). The monoisotopic (exact) mass is 500 g/mol. The molecule has 1 aliphatic rings. The molecule has 1 saturated heterocycles. The summed E-state index contributed by atoms with van der Waals surface area (Å²) in [6.45, 7) is 4.24. The lowest BCUT2D eigenvalue weighted by Gasteiger charge is -2.26. The number of aromatic carboxylic acids is 1. The number of hydrogen-bond donors (Lipinski definition) is 2. The first kappa shape index (κ1) is 25.0. The number of amides is 2. The summed E-state index contributed by atoms with van der Waals surface area (Å²) in [6, 6.07) is 8.04. The second kappa shape index (κ2) is 9.84. The standard InChI is InChI=1S/C25H23F3N4O4/c1-2-20(33)31-12-4-3-9-17(14-31)32-21-18(23(35)36)10-6-11-19(21)29-24(32)30-22(34)15-7-5-8-16(13-15)25(26,27)28/h2,5-8,10-11,13,17H,1,3-4,9,12,14H2,(H,35,36)(H,29,30,34). The molecule has 2 N–H and O–H groups in total. The topological polar surface area (TPSA) is 105 Å². The second-order valence-corrected chi connectivity index (χ2v) is 8.45. The molecular weight excluding hydrogens is 477 g/mol. The van der Waals surface area contributed by atoms with E-state index < -0.39 is 29.7 Å². The average molecular weight is 500 g/mol. The Balaban J connectivity index is 1.81. The van der Waals surface area contributed by atoms with Crippen LogP contribution in [0, 0.1) is 0 Å². The molecule has 0 bridgehead atoms. The number of aromatic nitrogens is 2. The van der Waals surface area contributed by atoms with Crippen LogP contribution in [0.25, 0.3) is 11.0 Å². The van der Waals surface area contributed by atoms with Gasteiger partial charge in [-0.1, -0.05) is 18.7 Å². The van der Waals surface area contributed by atoms with Crippen LogP contribution in [0.2, 0.25) is 0 Å². The van der Waals surface area contributed by atoms with Gasteiger partial charge in [0, 0.05) is 18.7 Å². The minimum absolute atomic E-state index is 0.0148. The molecule has 3 aromatic rings. The average Bonchev–Trinajstić information content (AvgIpc) is 3.03. The van der Waals surface area contributed by atoms with Gasteiger partial charge in [-0.25, -0.2) is 9.78 Å². The SMILES string of the molecule is C=CC(=O)N1CCCCC(n2c(NC(=O)c3cccc(C(F)(F)F)c3)nc3cccc(C(=O)O)c32)C1. The van der Waals surface area contributed by atoms with Gasteiger partial charge in [-0.2, -0.15) is 13.2 Å². The van der Waals surface area contributed by atoms with E-state index in [-0.39, 0.29) is 35.0 Å². The molecule has 36 heavy (non-hydrogen) atoms. The first-order valence-electron chi connectivity index (χ1n) is 11.2. The zero-order valence-corrected chi connectivity index (χ0v) is 19.1. The fraction of sp³-hybridized carbons (Fsp3) is 0.280. The maximum absolute atomic E-state index is 13.2. The molecule has 11 heteroatoms. The summed E-state index contributed by atoms with van der Waals surface area (Å²) in [6.07, 6.45) is -1.41. The number of nitrogens with zero attached hydrogens (tertiary/aromatic N) is 3. The Morgan fingerprint density at radius 1 is 1.14 bits per heavy atom. The fourth-order valence-corrected chi connectivity index (χ4v) is 4.43. The summed E-state index contributed by atoms with van der Waals surface area (Å²) < 4.78 is 41.0.